The van der Waals surface area contributed by atoms with Crippen LogP contribution < -0.4 is 0 Å². The maximum Gasteiger partial charge on any atom is 0.341 e. The van der Waals surface area contributed by atoms with Crippen molar-refractivity contribution in [2.45, 2.75) is 0 Å². The lowest BCUT2D eigenvalue weighted by Crippen LogP contribution is -2.04. The summed E-state index contributed by atoms with van der Waals surface area (Å²) in [6.07, 6.45) is 0. The van der Waals surface area contributed by atoms with Crippen molar-refractivity contribution in [2.24, 2.45) is 0 Å². The molecule has 0 radical (unpaired) electrons. The third-order valence-electron chi connectivity index (χ3n) is 1.97. The standard InChI is InChI=1S/C10H7FO2S/c1-13-10(12)9-6-4-5-14-8(6)3-2-7(9)11/h2-5H,1H3. The molecular weight excluding hydrogens is 203 g/mol. The fourth-order valence-electron chi connectivity index (χ4n) is 1.33. The SMILES string of the molecule is COC(=O)c1c(F)ccc2sccc12. The Balaban J connectivity index is 2.76. The number of thiophene rings is 1. The predicted molar refractivity (Wildman–Crippen MR) is 53.1 cm³/mol. The van der Waals surface area contributed by atoms with E-state index in [-0.39, 0.29) is 5.56 Å². The molecule has 72 valence electrons. The average molecular weight is 210 g/mol. The van der Waals surface area contributed by atoms with Crippen molar-refractivity contribution in [3.05, 3.63) is 35.0 Å². The molecule has 0 aliphatic heterocycles. The normalized spacial score (nSPS) is 10.4. The van der Waals surface area contributed by atoms with E-state index < -0.39 is 11.8 Å². The smallest absolute Gasteiger partial charge is 0.341 e. The molecule has 14 heavy (non-hydrogen) atoms. The van der Waals surface area contributed by atoms with E-state index in [1.54, 1.807) is 12.1 Å². The van der Waals surface area contributed by atoms with Gasteiger partial charge in [-0.2, -0.15) is 0 Å². The van der Waals surface area contributed by atoms with Gasteiger partial charge in [-0.1, -0.05) is 0 Å². The van der Waals surface area contributed by atoms with Crippen LogP contribution in [0.3, 0.4) is 0 Å². The molecule has 2 aromatic rings. The van der Waals surface area contributed by atoms with Crippen molar-refractivity contribution in [1.82, 2.24) is 0 Å². The first-order valence-corrected chi connectivity index (χ1v) is 4.86. The molecule has 1 heterocycles. The highest BCUT2D eigenvalue weighted by Gasteiger charge is 2.16. The number of benzene rings is 1. The second-order valence-electron chi connectivity index (χ2n) is 2.75. The highest BCUT2D eigenvalue weighted by atomic mass is 32.1. The molecule has 1 aromatic heterocycles. The number of carbonyl (C=O) groups is 1. The summed E-state index contributed by atoms with van der Waals surface area (Å²) < 4.78 is 18.7. The minimum absolute atomic E-state index is 0.0197. The van der Waals surface area contributed by atoms with Crippen molar-refractivity contribution in [3.63, 3.8) is 0 Å². The molecule has 0 spiro atoms. The Labute approximate surface area is 83.9 Å². The molecule has 4 heteroatoms. The van der Waals surface area contributed by atoms with E-state index in [2.05, 4.69) is 4.74 Å². The second kappa shape index (κ2) is 3.38. The lowest BCUT2D eigenvalue weighted by Gasteiger charge is -2.02. The summed E-state index contributed by atoms with van der Waals surface area (Å²) in [6.45, 7) is 0. The maximum atomic E-state index is 13.3. The van der Waals surface area contributed by atoms with Gasteiger partial charge in [0.05, 0.1) is 7.11 Å². The van der Waals surface area contributed by atoms with Gasteiger partial charge in [-0.3, -0.25) is 0 Å². The largest absolute Gasteiger partial charge is 0.465 e. The number of hydrogen-bond donors (Lipinski definition) is 0. The third-order valence-corrected chi connectivity index (χ3v) is 2.86. The quantitative estimate of drug-likeness (QED) is 0.676. The molecule has 0 N–H and O–H groups in total. The first kappa shape index (κ1) is 9.15. The Morgan fingerprint density at radius 2 is 2.21 bits per heavy atom. The molecule has 0 amide bonds. The lowest BCUT2D eigenvalue weighted by molar-refractivity contribution is 0.0598. The van der Waals surface area contributed by atoms with Gasteiger partial charge in [0.25, 0.3) is 0 Å². The van der Waals surface area contributed by atoms with E-state index >= 15 is 0 Å². The summed E-state index contributed by atoms with van der Waals surface area (Å²) >= 11 is 1.46. The molecule has 0 bridgehead atoms. The topological polar surface area (TPSA) is 26.3 Å². The van der Waals surface area contributed by atoms with Gasteiger partial charge < -0.3 is 4.74 Å². The zero-order valence-corrected chi connectivity index (χ0v) is 8.23. The molecule has 0 aliphatic rings. The number of ether oxygens (including phenoxy) is 1. The molecule has 0 saturated heterocycles. The number of carbonyl (C=O) groups excluding carboxylic acids is 1. The molecule has 1 aromatic carbocycles. The molecule has 0 saturated carbocycles. The Morgan fingerprint density at radius 1 is 1.43 bits per heavy atom. The number of halogens is 1. The van der Waals surface area contributed by atoms with Crippen LogP contribution in [0.4, 0.5) is 4.39 Å². The minimum Gasteiger partial charge on any atom is -0.465 e. The summed E-state index contributed by atoms with van der Waals surface area (Å²) in [5.74, 6) is -1.17. The van der Waals surface area contributed by atoms with Gasteiger partial charge in [0.15, 0.2) is 0 Å². The van der Waals surface area contributed by atoms with E-state index in [1.807, 2.05) is 5.38 Å². The molecule has 0 fully saturated rings. The average Bonchev–Trinajstić information content (AvgIpc) is 2.64. The van der Waals surface area contributed by atoms with Crippen LogP contribution in [0.15, 0.2) is 23.6 Å². The first-order chi connectivity index (χ1) is 6.74. The minimum atomic E-state index is -0.633. The van der Waals surface area contributed by atoms with Gasteiger partial charge in [0, 0.05) is 10.1 Å². The zero-order valence-electron chi connectivity index (χ0n) is 7.41. The number of esters is 1. The van der Waals surface area contributed by atoms with Gasteiger partial charge in [-0.25, -0.2) is 9.18 Å². The monoisotopic (exact) mass is 210 g/mol. The number of methoxy groups -OCH3 is 1. The fraction of sp³-hybridized carbons (Fsp3) is 0.100. The number of fused-ring (bicyclic) bond motifs is 1. The first-order valence-electron chi connectivity index (χ1n) is 3.98. The van der Waals surface area contributed by atoms with E-state index in [4.69, 9.17) is 0 Å². The van der Waals surface area contributed by atoms with Crippen LogP contribution in [0.2, 0.25) is 0 Å². The summed E-state index contributed by atoms with van der Waals surface area (Å²) in [5.41, 5.74) is 0.0197. The van der Waals surface area contributed by atoms with Crippen molar-refractivity contribution < 1.29 is 13.9 Å². The fourth-order valence-corrected chi connectivity index (χ4v) is 2.12. The van der Waals surface area contributed by atoms with Gasteiger partial charge in [-0.15, -0.1) is 11.3 Å². The van der Waals surface area contributed by atoms with E-state index in [0.29, 0.717) is 5.39 Å². The van der Waals surface area contributed by atoms with Crippen LogP contribution in [-0.2, 0) is 4.74 Å². The zero-order chi connectivity index (χ0) is 10.1. The van der Waals surface area contributed by atoms with Crippen molar-refractivity contribution in [1.29, 1.82) is 0 Å². The highest BCUT2D eigenvalue weighted by Crippen LogP contribution is 2.26. The van der Waals surface area contributed by atoms with Crippen LogP contribution >= 0.6 is 11.3 Å². The lowest BCUT2D eigenvalue weighted by atomic mass is 10.1. The Morgan fingerprint density at radius 3 is 2.93 bits per heavy atom. The van der Waals surface area contributed by atoms with Gasteiger partial charge in [0.2, 0.25) is 0 Å². The van der Waals surface area contributed by atoms with Crippen LogP contribution in [0.25, 0.3) is 10.1 Å². The molecule has 0 unspecified atom stereocenters. The molecule has 0 aliphatic carbocycles. The highest BCUT2D eigenvalue weighted by molar-refractivity contribution is 7.17. The Bertz CT molecular complexity index is 490. The van der Waals surface area contributed by atoms with E-state index in [0.717, 1.165) is 4.70 Å². The summed E-state index contributed by atoms with van der Waals surface area (Å²) in [5, 5.41) is 2.43. The Kier molecular flexibility index (Phi) is 2.21. The third kappa shape index (κ3) is 1.28. The maximum absolute atomic E-state index is 13.3. The second-order valence-corrected chi connectivity index (χ2v) is 3.69. The number of rotatable bonds is 1. The van der Waals surface area contributed by atoms with E-state index in [1.165, 1.54) is 24.5 Å². The molecular formula is C10H7FO2S. The summed E-state index contributed by atoms with van der Waals surface area (Å²) in [6, 6.07) is 4.65. The van der Waals surface area contributed by atoms with Crippen LogP contribution in [-0.4, -0.2) is 13.1 Å². The van der Waals surface area contributed by atoms with Gasteiger partial charge in [0.1, 0.15) is 11.4 Å². The van der Waals surface area contributed by atoms with Crippen LogP contribution in [0.1, 0.15) is 10.4 Å². The molecule has 2 rings (SSSR count). The van der Waals surface area contributed by atoms with Crippen LogP contribution in [0.5, 0.6) is 0 Å². The predicted octanol–water partition coefficient (Wildman–Crippen LogP) is 2.83. The van der Waals surface area contributed by atoms with Gasteiger partial charge in [-0.05, 0) is 23.6 Å². The van der Waals surface area contributed by atoms with E-state index in [9.17, 15) is 9.18 Å². The van der Waals surface area contributed by atoms with Crippen molar-refractivity contribution >= 4 is 27.4 Å². The van der Waals surface area contributed by atoms with Crippen LogP contribution in [0, 0.1) is 5.82 Å². The van der Waals surface area contributed by atoms with Crippen molar-refractivity contribution in [3.8, 4) is 0 Å². The van der Waals surface area contributed by atoms with Gasteiger partial charge >= 0.3 is 5.97 Å². The molecule has 0 atom stereocenters. The Hall–Kier alpha value is -1.42. The van der Waals surface area contributed by atoms with Crippen molar-refractivity contribution in [2.75, 3.05) is 7.11 Å². The summed E-state index contributed by atoms with van der Waals surface area (Å²) in [4.78, 5) is 11.3. The molecule has 2 nitrogen and oxygen atoms in total. The number of hydrogen-bond acceptors (Lipinski definition) is 3. The summed E-state index contributed by atoms with van der Waals surface area (Å²) in [7, 11) is 1.24.